The first-order valence-corrected chi connectivity index (χ1v) is 11.1. The first-order valence-electron chi connectivity index (χ1n) is 10.3. The van der Waals surface area contributed by atoms with E-state index in [2.05, 4.69) is 23.1 Å². The van der Waals surface area contributed by atoms with Crippen LogP contribution in [0, 0.1) is 0 Å². The summed E-state index contributed by atoms with van der Waals surface area (Å²) in [6.07, 6.45) is 1.48. The third kappa shape index (κ3) is 3.80. The summed E-state index contributed by atoms with van der Waals surface area (Å²) < 4.78 is 17.1. The highest BCUT2D eigenvalue weighted by molar-refractivity contribution is 7.18. The second-order valence-corrected chi connectivity index (χ2v) is 8.73. The van der Waals surface area contributed by atoms with Crippen LogP contribution in [0.3, 0.4) is 0 Å². The molecule has 154 valence electrons. The maximum atomic E-state index is 13.3. The molecular formula is C22H26N2O4S. The Morgan fingerprint density at radius 2 is 1.62 bits per heavy atom. The van der Waals surface area contributed by atoms with Crippen molar-refractivity contribution in [2.45, 2.75) is 18.6 Å². The average molecular weight is 415 g/mol. The fraction of sp³-hybridized carbons (Fsp3) is 0.500. The number of benzene rings is 1. The number of likely N-dealkylation sites (tertiary alicyclic amines) is 1. The molecule has 6 nitrogen and oxygen atoms in total. The standard InChI is InChI=1S/C22H26N2O4S/c25-20(23-8-6-22(7-9-23)27-14-15-28-22)19-16-18(17-4-2-1-3-5-17)21(29-19)24-10-12-26-13-11-24/h1-5,16H,6-15H2. The summed E-state index contributed by atoms with van der Waals surface area (Å²) in [5.74, 6) is -0.347. The molecule has 0 atom stereocenters. The van der Waals surface area contributed by atoms with Crippen LogP contribution in [0.1, 0.15) is 22.5 Å². The molecule has 0 radical (unpaired) electrons. The van der Waals surface area contributed by atoms with Gasteiger partial charge >= 0.3 is 0 Å². The Hall–Kier alpha value is -1.93. The van der Waals surface area contributed by atoms with Crippen molar-refractivity contribution in [3.63, 3.8) is 0 Å². The van der Waals surface area contributed by atoms with Crippen LogP contribution in [0.2, 0.25) is 0 Å². The summed E-state index contributed by atoms with van der Waals surface area (Å²) in [5.41, 5.74) is 2.28. The fourth-order valence-corrected chi connectivity index (χ4v) is 5.50. The highest BCUT2D eigenvalue weighted by atomic mass is 32.1. The Labute approximate surface area is 175 Å². The predicted molar refractivity (Wildman–Crippen MR) is 113 cm³/mol. The van der Waals surface area contributed by atoms with Gasteiger partial charge < -0.3 is 24.0 Å². The number of rotatable bonds is 3. The highest BCUT2D eigenvalue weighted by Crippen LogP contribution is 2.40. The van der Waals surface area contributed by atoms with Crippen molar-refractivity contribution in [3.8, 4) is 11.1 Å². The van der Waals surface area contributed by atoms with Gasteiger partial charge in [0.1, 0.15) is 0 Å². The Kier molecular flexibility index (Phi) is 5.30. The van der Waals surface area contributed by atoms with Gasteiger partial charge in [-0.3, -0.25) is 4.79 Å². The zero-order chi connectivity index (χ0) is 19.7. The minimum atomic E-state index is -0.458. The summed E-state index contributed by atoms with van der Waals surface area (Å²) >= 11 is 1.60. The minimum Gasteiger partial charge on any atom is -0.378 e. The molecule has 2 aromatic rings. The maximum Gasteiger partial charge on any atom is 0.264 e. The normalized spacial score (nSPS) is 21.7. The molecular weight excluding hydrogens is 388 g/mol. The maximum absolute atomic E-state index is 13.3. The fourth-order valence-electron chi connectivity index (χ4n) is 4.30. The van der Waals surface area contributed by atoms with E-state index >= 15 is 0 Å². The van der Waals surface area contributed by atoms with Gasteiger partial charge in [0, 0.05) is 44.6 Å². The van der Waals surface area contributed by atoms with Crippen molar-refractivity contribution in [3.05, 3.63) is 41.3 Å². The third-order valence-electron chi connectivity index (χ3n) is 5.93. The Morgan fingerprint density at radius 3 is 2.31 bits per heavy atom. The van der Waals surface area contributed by atoms with Gasteiger partial charge in [0.05, 0.1) is 36.3 Å². The smallest absolute Gasteiger partial charge is 0.264 e. The average Bonchev–Trinajstić information content (AvgIpc) is 3.43. The molecule has 7 heteroatoms. The highest BCUT2D eigenvalue weighted by Gasteiger charge is 2.41. The van der Waals surface area contributed by atoms with Crippen LogP contribution in [-0.4, -0.2) is 69.2 Å². The lowest BCUT2D eigenvalue weighted by Crippen LogP contribution is -2.47. The van der Waals surface area contributed by atoms with Crippen LogP contribution < -0.4 is 4.90 Å². The second kappa shape index (κ2) is 8.07. The summed E-state index contributed by atoms with van der Waals surface area (Å²) in [6.45, 7) is 5.82. The van der Waals surface area contributed by atoms with Crippen molar-refractivity contribution in [2.75, 3.05) is 57.5 Å². The SMILES string of the molecule is O=C(c1cc(-c2ccccc2)c(N2CCOCC2)s1)N1CCC2(CC1)OCCO2. The van der Waals surface area contributed by atoms with E-state index in [0.29, 0.717) is 26.3 Å². The summed E-state index contributed by atoms with van der Waals surface area (Å²) in [6, 6.07) is 12.4. The van der Waals surface area contributed by atoms with Gasteiger partial charge in [0.25, 0.3) is 5.91 Å². The molecule has 29 heavy (non-hydrogen) atoms. The zero-order valence-electron chi connectivity index (χ0n) is 16.5. The van der Waals surface area contributed by atoms with Gasteiger partial charge in [0.2, 0.25) is 0 Å². The largest absolute Gasteiger partial charge is 0.378 e. The van der Waals surface area contributed by atoms with E-state index in [1.54, 1.807) is 11.3 Å². The van der Waals surface area contributed by atoms with E-state index in [9.17, 15) is 4.79 Å². The van der Waals surface area contributed by atoms with Crippen LogP contribution in [0.4, 0.5) is 5.00 Å². The quantitative estimate of drug-likeness (QED) is 0.772. The molecule has 0 unspecified atom stereocenters. The molecule has 3 aliphatic heterocycles. The molecule has 4 heterocycles. The first kappa shape index (κ1) is 19.1. The molecule has 1 spiro atoms. The van der Waals surface area contributed by atoms with Gasteiger partial charge in [-0.05, 0) is 11.6 Å². The summed E-state index contributed by atoms with van der Waals surface area (Å²) in [7, 11) is 0. The third-order valence-corrected chi connectivity index (χ3v) is 7.12. The van der Waals surface area contributed by atoms with Gasteiger partial charge in [-0.1, -0.05) is 30.3 Å². The first-order chi connectivity index (χ1) is 14.2. The van der Waals surface area contributed by atoms with Crippen molar-refractivity contribution < 1.29 is 19.0 Å². The van der Waals surface area contributed by atoms with Crippen LogP contribution in [0.5, 0.6) is 0 Å². The number of ether oxygens (including phenoxy) is 3. The van der Waals surface area contributed by atoms with Crippen LogP contribution >= 0.6 is 11.3 Å². The number of nitrogens with zero attached hydrogens (tertiary/aromatic N) is 2. The Morgan fingerprint density at radius 1 is 0.931 bits per heavy atom. The molecule has 0 N–H and O–H groups in total. The number of carbonyl (C=O) groups is 1. The van der Waals surface area contributed by atoms with E-state index in [1.807, 2.05) is 23.1 Å². The number of piperidine rings is 1. The number of morpholine rings is 1. The van der Waals surface area contributed by atoms with Crippen molar-refractivity contribution in [1.29, 1.82) is 0 Å². The van der Waals surface area contributed by atoms with Crippen molar-refractivity contribution in [1.82, 2.24) is 4.90 Å². The van der Waals surface area contributed by atoms with E-state index in [-0.39, 0.29) is 5.91 Å². The minimum absolute atomic E-state index is 0.111. The van der Waals surface area contributed by atoms with Gasteiger partial charge in [0.15, 0.2) is 5.79 Å². The van der Waals surface area contributed by atoms with Crippen molar-refractivity contribution in [2.24, 2.45) is 0 Å². The number of carbonyl (C=O) groups excluding carboxylic acids is 1. The molecule has 1 amide bonds. The van der Waals surface area contributed by atoms with Crippen molar-refractivity contribution >= 4 is 22.2 Å². The molecule has 0 bridgehead atoms. The van der Waals surface area contributed by atoms with E-state index in [4.69, 9.17) is 14.2 Å². The molecule has 3 aliphatic rings. The topological polar surface area (TPSA) is 51.2 Å². The molecule has 5 rings (SSSR count). The van der Waals surface area contributed by atoms with Crippen LogP contribution in [-0.2, 0) is 14.2 Å². The monoisotopic (exact) mass is 414 g/mol. The number of hydrogen-bond acceptors (Lipinski definition) is 6. The van der Waals surface area contributed by atoms with Gasteiger partial charge in [-0.15, -0.1) is 11.3 Å². The lowest BCUT2D eigenvalue weighted by atomic mass is 10.0. The zero-order valence-corrected chi connectivity index (χ0v) is 17.3. The molecule has 1 aromatic carbocycles. The predicted octanol–water partition coefficient (Wildman–Crippen LogP) is 3.23. The number of thiophene rings is 1. The molecule has 3 fully saturated rings. The number of amides is 1. The van der Waals surface area contributed by atoms with E-state index in [1.165, 1.54) is 5.00 Å². The van der Waals surface area contributed by atoms with Crippen LogP contribution in [0.15, 0.2) is 36.4 Å². The molecule has 0 aliphatic carbocycles. The number of hydrogen-bond donors (Lipinski definition) is 0. The van der Waals surface area contributed by atoms with Gasteiger partial charge in [-0.2, -0.15) is 0 Å². The second-order valence-electron chi connectivity index (χ2n) is 7.69. The van der Waals surface area contributed by atoms with Crippen LogP contribution in [0.25, 0.3) is 11.1 Å². The number of anilines is 1. The summed E-state index contributed by atoms with van der Waals surface area (Å²) in [4.78, 5) is 18.4. The Bertz CT molecular complexity index is 847. The molecule has 0 saturated carbocycles. The Balaban J connectivity index is 1.39. The van der Waals surface area contributed by atoms with E-state index in [0.717, 1.165) is 55.1 Å². The molecule has 1 aromatic heterocycles. The summed E-state index contributed by atoms with van der Waals surface area (Å²) in [5, 5.41) is 1.17. The molecule has 3 saturated heterocycles. The lowest BCUT2D eigenvalue weighted by molar-refractivity contribution is -0.181. The van der Waals surface area contributed by atoms with Gasteiger partial charge in [-0.25, -0.2) is 0 Å². The lowest BCUT2D eigenvalue weighted by Gasteiger charge is -2.37. The van der Waals surface area contributed by atoms with E-state index < -0.39 is 5.79 Å².